The molecule has 33 heavy (non-hydrogen) atoms. The van der Waals surface area contributed by atoms with Crippen LogP contribution in [0.2, 0.25) is 0 Å². The Morgan fingerprint density at radius 2 is 2.00 bits per heavy atom. The van der Waals surface area contributed by atoms with Crippen molar-refractivity contribution in [1.29, 1.82) is 0 Å². The van der Waals surface area contributed by atoms with Crippen LogP contribution < -0.4 is 16.4 Å². The van der Waals surface area contributed by atoms with Crippen molar-refractivity contribution in [2.45, 2.75) is 19.9 Å². The van der Waals surface area contributed by atoms with Gasteiger partial charge in [0.15, 0.2) is 5.82 Å². The van der Waals surface area contributed by atoms with E-state index in [0.717, 1.165) is 22.3 Å². The van der Waals surface area contributed by atoms with Gasteiger partial charge in [0.1, 0.15) is 24.3 Å². The minimum Gasteiger partial charge on any atom is -0.475 e. The highest BCUT2D eigenvalue weighted by Crippen LogP contribution is 2.34. The molecule has 1 aliphatic heterocycles. The molecule has 0 saturated heterocycles. The lowest BCUT2D eigenvalue weighted by Gasteiger charge is -2.10. The number of fused-ring (bicyclic) bond motifs is 1. The summed E-state index contributed by atoms with van der Waals surface area (Å²) in [4.78, 5) is 25.2. The predicted molar refractivity (Wildman–Crippen MR) is 126 cm³/mol. The van der Waals surface area contributed by atoms with Crippen LogP contribution in [-0.2, 0) is 4.74 Å². The number of nitrogens with one attached hydrogen (secondary N) is 2. The van der Waals surface area contributed by atoms with Crippen LogP contribution in [0.5, 0.6) is 0 Å². The van der Waals surface area contributed by atoms with E-state index in [1.165, 1.54) is 6.33 Å². The van der Waals surface area contributed by atoms with Crippen LogP contribution in [0.25, 0.3) is 16.6 Å². The monoisotopic (exact) mass is 442 g/mol. The number of nitrogens with zero attached hydrogens (tertiary/aromatic N) is 5. The van der Waals surface area contributed by atoms with Gasteiger partial charge in [-0.1, -0.05) is 12.1 Å². The molecule has 10 nitrogen and oxygen atoms in total. The summed E-state index contributed by atoms with van der Waals surface area (Å²) in [5.41, 5.74) is 11.0. The molecule has 0 aliphatic carbocycles. The maximum atomic E-state index is 12.4. The standard InChI is InChI=1S/C23H22N8O2/c1-13-7-8-25-18(9-13)30-23(32)29-16-5-3-15(4-6-16)19-17(22-28-14(2)11-33-22)10-31-20(19)21(24)26-12-27-31/h3-10,12,14H,11H2,1-2H3,(H2,24,26,27)(H2,25,29,30,32). The van der Waals surface area contributed by atoms with E-state index >= 15 is 0 Å². The third-order valence-corrected chi connectivity index (χ3v) is 5.22. The number of hydrogen-bond donors (Lipinski definition) is 3. The molecule has 0 saturated carbocycles. The number of benzene rings is 1. The molecule has 3 aromatic heterocycles. The number of carbonyl (C=O) groups is 1. The molecule has 5 rings (SSSR count). The van der Waals surface area contributed by atoms with Crippen LogP contribution in [0.3, 0.4) is 0 Å². The van der Waals surface area contributed by atoms with Gasteiger partial charge in [-0.15, -0.1) is 0 Å². The number of rotatable bonds is 4. The molecular formula is C23H22N8O2. The average Bonchev–Trinajstić information content (AvgIpc) is 3.38. The Morgan fingerprint density at radius 3 is 2.73 bits per heavy atom. The summed E-state index contributed by atoms with van der Waals surface area (Å²) >= 11 is 0. The molecule has 0 radical (unpaired) electrons. The lowest BCUT2D eigenvalue weighted by Crippen LogP contribution is -2.20. The number of aliphatic imine (C=N–C) groups is 1. The molecule has 1 atom stereocenters. The van der Waals surface area contributed by atoms with Gasteiger partial charge in [-0.05, 0) is 49.2 Å². The van der Waals surface area contributed by atoms with E-state index in [-0.39, 0.29) is 12.1 Å². The average molecular weight is 442 g/mol. The van der Waals surface area contributed by atoms with E-state index in [4.69, 9.17) is 10.5 Å². The van der Waals surface area contributed by atoms with Gasteiger partial charge >= 0.3 is 6.03 Å². The fourth-order valence-electron chi connectivity index (χ4n) is 3.71. The molecule has 4 aromatic rings. The smallest absolute Gasteiger partial charge is 0.324 e. The number of carbonyl (C=O) groups excluding carboxylic acids is 1. The number of aryl methyl sites for hydroxylation is 1. The lowest BCUT2D eigenvalue weighted by atomic mass is 10.0. The lowest BCUT2D eigenvalue weighted by molar-refractivity contribution is 0.262. The zero-order chi connectivity index (χ0) is 22.9. The van der Waals surface area contributed by atoms with Crippen LogP contribution >= 0.6 is 0 Å². The van der Waals surface area contributed by atoms with Gasteiger partial charge in [0.2, 0.25) is 5.90 Å². The number of urea groups is 1. The molecule has 0 spiro atoms. The van der Waals surface area contributed by atoms with E-state index in [1.54, 1.807) is 16.8 Å². The van der Waals surface area contributed by atoms with E-state index in [9.17, 15) is 4.79 Å². The van der Waals surface area contributed by atoms with E-state index in [1.807, 2.05) is 50.4 Å². The Balaban J connectivity index is 1.45. The Hall–Kier alpha value is -4.47. The topological polar surface area (TPSA) is 132 Å². The van der Waals surface area contributed by atoms with Crippen molar-refractivity contribution < 1.29 is 9.53 Å². The van der Waals surface area contributed by atoms with Gasteiger partial charge in [0.25, 0.3) is 0 Å². The predicted octanol–water partition coefficient (Wildman–Crippen LogP) is 3.49. The Labute approximate surface area is 189 Å². The van der Waals surface area contributed by atoms with Crippen molar-refractivity contribution in [3.8, 4) is 11.1 Å². The minimum atomic E-state index is -0.379. The zero-order valence-electron chi connectivity index (χ0n) is 18.1. The van der Waals surface area contributed by atoms with Crippen molar-refractivity contribution in [3.63, 3.8) is 0 Å². The van der Waals surface area contributed by atoms with E-state index in [0.29, 0.717) is 35.3 Å². The number of ether oxygens (including phenoxy) is 1. The summed E-state index contributed by atoms with van der Waals surface area (Å²) in [6.45, 7) is 4.45. The van der Waals surface area contributed by atoms with Crippen LogP contribution in [0.15, 0.2) is 60.1 Å². The Kier molecular flexibility index (Phi) is 5.09. The zero-order valence-corrected chi connectivity index (χ0v) is 18.1. The molecule has 4 heterocycles. The van der Waals surface area contributed by atoms with Gasteiger partial charge in [0, 0.05) is 23.6 Å². The van der Waals surface area contributed by atoms with Crippen LogP contribution in [0.4, 0.5) is 22.1 Å². The molecule has 4 N–H and O–H groups in total. The largest absolute Gasteiger partial charge is 0.475 e. The second-order valence-electron chi connectivity index (χ2n) is 7.83. The summed E-state index contributed by atoms with van der Waals surface area (Å²) in [6.07, 6.45) is 4.90. The highest BCUT2D eigenvalue weighted by Gasteiger charge is 2.25. The first-order chi connectivity index (χ1) is 16.0. The summed E-state index contributed by atoms with van der Waals surface area (Å²) in [7, 11) is 0. The molecule has 166 valence electrons. The van der Waals surface area contributed by atoms with E-state index < -0.39 is 0 Å². The molecule has 1 aromatic carbocycles. The van der Waals surface area contributed by atoms with Crippen LogP contribution in [0, 0.1) is 6.92 Å². The second kappa shape index (κ2) is 8.23. The first-order valence-electron chi connectivity index (χ1n) is 10.4. The molecule has 0 fully saturated rings. The summed E-state index contributed by atoms with van der Waals surface area (Å²) in [5.74, 6) is 1.39. The quantitative estimate of drug-likeness (QED) is 0.443. The van der Waals surface area contributed by atoms with Gasteiger partial charge in [-0.3, -0.25) is 5.32 Å². The first-order valence-corrected chi connectivity index (χ1v) is 10.4. The molecule has 10 heteroatoms. The Bertz CT molecular complexity index is 1380. The SMILES string of the molecule is Cc1ccnc(NC(=O)Nc2ccc(-c3c(C4=NC(C)CO4)cn4ncnc(N)c34)cc2)c1. The maximum Gasteiger partial charge on any atom is 0.324 e. The fraction of sp³-hybridized carbons (Fsp3) is 0.174. The number of aromatic nitrogens is 4. The second-order valence-corrected chi connectivity index (χ2v) is 7.83. The summed E-state index contributed by atoms with van der Waals surface area (Å²) < 4.78 is 7.48. The number of amides is 2. The number of anilines is 3. The molecule has 1 aliphatic rings. The number of nitrogens with two attached hydrogens (primary N) is 1. The highest BCUT2D eigenvalue weighted by atomic mass is 16.5. The third kappa shape index (κ3) is 4.05. The van der Waals surface area contributed by atoms with Gasteiger partial charge in [-0.2, -0.15) is 5.10 Å². The van der Waals surface area contributed by atoms with Gasteiger partial charge in [-0.25, -0.2) is 24.3 Å². The number of hydrogen-bond acceptors (Lipinski definition) is 7. The molecular weight excluding hydrogens is 420 g/mol. The van der Waals surface area contributed by atoms with Gasteiger partial charge in [0.05, 0.1) is 11.6 Å². The maximum absolute atomic E-state index is 12.4. The molecule has 1 unspecified atom stereocenters. The van der Waals surface area contributed by atoms with Crippen molar-refractivity contribution in [2.75, 3.05) is 23.0 Å². The summed E-state index contributed by atoms with van der Waals surface area (Å²) in [5, 5.41) is 9.82. The van der Waals surface area contributed by atoms with Crippen molar-refractivity contribution >= 4 is 34.8 Å². The van der Waals surface area contributed by atoms with E-state index in [2.05, 4.69) is 30.7 Å². The van der Waals surface area contributed by atoms with Crippen LogP contribution in [0.1, 0.15) is 18.1 Å². The minimum absolute atomic E-state index is 0.0762. The molecule has 0 bridgehead atoms. The fourth-order valence-corrected chi connectivity index (χ4v) is 3.71. The number of nitrogen functional groups attached to an aromatic ring is 1. The first kappa shape index (κ1) is 20.4. The third-order valence-electron chi connectivity index (χ3n) is 5.22. The molecule has 2 amide bonds. The number of pyridine rings is 1. The highest BCUT2D eigenvalue weighted by molar-refractivity contribution is 6.07. The van der Waals surface area contributed by atoms with Crippen LogP contribution in [-0.4, -0.2) is 44.2 Å². The Morgan fingerprint density at radius 1 is 1.18 bits per heavy atom. The van der Waals surface area contributed by atoms with Crippen molar-refractivity contribution in [2.24, 2.45) is 4.99 Å². The van der Waals surface area contributed by atoms with Crippen molar-refractivity contribution in [3.05, 3.63) is 66.2 Å². The summed E-state index contributed by atoms with van der Waals surface area (Å²) in [6, 6.07) is 10.8. The van der Waals surface area contributed by atoms with Gasteiger partial charge < -0.3 is 15.8 Å². The normalized spacial score (nSPS) is 15.2. The van der Waals surface area contributed by atoms with Crippen molar-refractivity contribution in [1.82, 2.24) is 19.6 Å².